The fraction of sp³-hybridized carbons (Fsp3) is 0.200. The van der Waals surface area contributed by atoms with Crippen molar-refractivity contribution in [1.29, 1.82) is 0 Å². The van der Waals surface area contributed by atoms with E-state index in [9.17, 15) is 19.2 Å². The van der Waals surface area contributed by atoms with Crippen LogP contribution < -0.4 is 9.47 Å². The molecular formula is C20H18O6S. The molecule has 0 amide bonds. The number of hydrogen-bond donors (Lipinski definition) is 0. The van der Waals surface area contributed by atoms with E-state index < -0.39 is 11.9 Å². The van der Waals surface area contributed by atoms with Crippen molar-refractivity contribution in [3.05, 3.63) is 48.5 Å². The highest BCUT2D eigenvalue weighted by Gasteiger charge is 2.09. The molecule has 0 atom stereocenters. The molecule has 0 aliphatic carbocycles. The van der Waals surface area contributed by atoms with Crippen molar-refractivity contribution in [2.24, 2.45) is 0 Å². The standard InChI is InChI=1S/C20H18O6S/c1-13(21)11-19(23)25-15-3-7-17(8-4-15)27-18-9-5-16(6-10-18)26-20(24)12-14(2)22/h3-10H,11-12H2,1-2H3. The fourth-order valence-corrected chi connectivity index (χ4v) is 2.85. The van der Waals surface area contributed by atoms with Gasteiger partial charge in [-0.25, -0.2) is 0 Å². The first-order valence-corrected chi connectivity index (χ1v) is 8.91. The van der Waals surface area contributed by atoms with Crippen LogP contribution in [0.2, 0.25) is 0 Å². The highest BCUT2D eigenvalue weighted by Crippen LogP contribution is 2.30. The summed E-state index contributed by atoms with van der Waals surface area (Å²) in [6, 6.07) is 13.8. The minimum atomic E-state index is -0.585. The fourth-order valence-electron chi connectivity index (χ4n) is 2.03. The Bertz CT molecular complexity index is 768. The van der Waals surface area contributed by atoms with Crippen LogP contribution in [0.5, 0.6) is 11.5 Å². The highest BCUT2D eigenvalue weighted by molar-refractivity contribution is 7.99. The number of hydrogen-bond acceptors (Lipinski definition) is 7. The average Bonchev–Trinajstić information content (AvgIpc) is 2.57. The lowest BCUT2D eigenvalue weighted by Crippen LogP contribution is -2.11. The van der Waals surface area contributed by atoms with Crippen LogP contribution in [0.3, 0.4) is 0 Å². The van der Waals surface area contributed by atoms with Gasteiger partial charge in [-0.1, -0.05) is 11.8 Å². The maximum atomic E-state index is 11.5. The molecule has 0 heterocycles. The molecule has 2 rings (SSSR count). The predicted octanol–water partition coefficient (Wildman–Crippen LogP) is 3.61. The van der Waals surface area contributed by atoms with Crippen LogP contribution in [-0.4, -0.2) is 23.5 Å². The molecule has 0 aliphatic heterocycles. The molecule has 2 aromatic rings. The van der Waals surface area contributed by atoms with Gasteiger partial charge in [-0.2, -0.15) is 0 Å². The van der Waals surface area contributed by atoms with Crippen molar-refractivity contribution in [3.8, 4) is 11.5 Å². The van der Waals surface area contributed by atoms with Crippen LogP contribution in [0.15, 0.2) is 58.3 Å². The summed E-state index contributed by atoms with van der Waals surface area (Å²) in [7, 11) is 0. The van der Waals surface area contributed by atoms with Crippen LogP contribution in [0, 0.1) is 0 Å². The third-order valence-corrected chi connectivity index (χ3v) is 4.15. The Kier molecular flexibility index (Phi) is 7.31. The maximum absolute atomic E-state index is 11.5. The van der Waals surface area contributed by atoms with E-state index in [4.69, 9.17) is 9.47 Å². The van der Waals surface area contributed by atoms with E-state index >= 15 is 0 Å². The highest BCUT2D eigenvalue weighted by atomic mass is 32.2. The van der Waals surface area contributed by atoms with Gasteiger partial charge >= 0.3 is 11.9 Å². The zero-order valence-corrected chi connectivity index (χ0v) is 15.7. The molecule has 7 heteroatoms. The first-order valence-electron chi connectivity index (χ1n) is 8.10. The van der Waals surface area contributed by atoms with Gasteiger partial charge in [0.15, 0.2) is 0 Å². The van der Waals surface area contributed by atoms with Gasteiger partial charge < -0.3 is 9.47 Å². The molecule has 140 valence electrons. The molecule has 0 saturated carbocycles. The van der Waals surface area contributed by atoms with Gasteiger partial charge in [0, 0.05) is 9.79 Å². The van der Waals surface area contributed by atoms with Crippen molar-refractivity contribution >= 4 is 35.3 Å². The summed E-state index contributed by atoms with van der Waals surface area (Å²) in [5.74, 6) is -0.919. The zero-order chi connectivity index (χ0) is 19.8. The molecule has 0 N–H and O–H groups in total. The summed E-state index contributed by atoms with van der Waals surface area (Å²) < 4.78 is 10.1. The monoisotopic (exact) mass is 386 g/mol. The second kappa shape index (κ2) is 9.68. The van der Waals surface area contributed by atoms with E-state index in [0.717, 1.165) is 9.79 Å². The van der Waals surface area contributed by atoms with Crippen molar-refractivity contribution in [2.45, 2.75) is 36.5 Å². The molecular weight excluding hydrogens is 368 g/mol. The van der Waals surface area contributed by atoms with Crippen molar-refractivity contribution in [2.75, 3.05) is 0 Å². The van der Waals surface area contributed by atoms with Gasteiger partial charge in [-0.05, 0) is 62.4 Å². The lowest BCUT2D eigenvalue weighted by Gasteiger charge is -2.06. The summed E-state index contributed by atoms with van der Waals surface area (Å²) in [6.45, 7) is 2.66. The zero-order valence-electron chi connectivity index (χ0n) is 14.9. The summed E-state index contributed by atoms with van der Waals surface area (Å²) >= 11 is 1.47. The van der Waals surface area contributed by atoms with E-state index in [1.54, 1.807) is 48.5 Å². The molecule has 0 spiro atoms. The number of ether oxygens (including phenoxy) is 2. The smallest absolute Gasteiger partial charge is 0.318 e. The molecule has 0 bridgehead atoms. The third-order valence-electron chi connectivity index (χ3n) is 3.13. The number of rotatable bonds is 8. The molecule has 0 unspecified atom stereocenters. The lowest BCUT2D eigenvalue weighted by atomic mass is 10.3. The molecule has 27 heavy (non-hydrogen) atoms. The minimum Gasteiger partial charge on any atom is -0.426 e. The number of ketones is 2. The van der Waals surface area contributed by atoms with E-state index in [0.29, 0.717) is 11.5 Å². The number of benzene rings is 2. The Morgan fingerprint density at radius 1 is 0.667 bits per heavy atom. The van der Waals surface area contributed by atoms with E-state index in [1.807, 2.05) is 0 Å². The first-order chi connectivity index (χ1) is 12.8. The number of carbonyl (C=O) groups excluding carboxylic acids is 4. The van der Waals surface area contributed by atoms with Crippen molar-refractivity contribution < 1.29 is 28.7 Å². The molecule has 0 fully saturated rings. The third kappa shape index (κ3) is 7.45. The Labute approximate surface area is 160 Å². The Morgan fingerprint density at radius 2 is 1.00 bits per heavy atom. The SMILES string of the molecule is CC(=O)CC(=O)Oc1ccc(Sc2ccc(OC(=O)CC(C)=O)cc2)cc1. The second-order valence-corrected chi connectivity index (χ2v) is 6.90. The minimum absolute atomic E-state index is 0.248. The Hall–Kier alpha value is -2.93. The molecule has 0 aromatic heterocycles. The van der Waals surface area contributed by atoms with Gasteiger partial charge in [0.25, 0.3) is 0 Å². The van der Waals surface area contributed by atoms with Gasteiger partial charge in [-0.15, -0.1) is 0 Å². The molecule has 2 aromatic carbocycles. The topological polar surface area (TPSA) is 86.7 Å². The van der Waals surface area contributed by atoms with Gasteiger partial charge in [0.05, 0.1) is 0 Å². The van der Waals surface area contributed by atoms with Crippen LogP contribution in [0.4, 0.5) is 0 Å². The predicted molar refractivity (Wildman–Crippen MR) is 98.9 cm³/mol. The number of Topliss-reactive ketones (excluding diaryl/α,β-unsaturated/α-hetero) is 2. The Balaban J connectivity index is 1.91. The van der Waals surface area contributed by atoms with Crippen LogP contribution in [0.1, 0.15) is 26.7 Å². The summed E-state index contributed by atoms with van der Waals surface area (Å²) in [4.78, 5) is 46.5. The number of esters is 2. The second-order valence-electron chi connectivity index (χ2n) is 5.75. The maximum Gasteiger partial charge on any atom is 0.318 e. The molecule has 0 radical (unpaired) electrons. The molecule has 0 aliphatic rings. The van der Waals surface area contributed by atoms with Gasteiger partial charge in [0.2, 0.25) is 0 Å². The first kappa shape index (κ1) is 20.4. The quantitative estimate of drug-likeness (QED) is 0.389. The van der Waals surface area contributed by atoms with E-state index in [-0.39, 0.29) is 24.4 Å². The molecule has 6 nitrogen and oxygen atoms in total. The van der Waals surface area contributed by atoms with Gasteiger partial charge in [0.1, 0.15) is 35.9 Å². The Morgan fingerprint density at radius 3 is 1.30 bits per heavy atom. The van der Waals surface area contributed by atoms with Crippen LogP contribution >= 0.6 is 11.8 Å². The summed E-state index contributed by atoms with van der Waals surface area (Å²) in [6.07, 6.45) is -0.500. The van der Waals surface area contributed by atoms with Crippen LogP contribution in [-0.2, 0) is 19.2 Å². The van der Waals surface area contributed by atoms with Gasteiger partial charge in [-0.3, -0.25) is 19.2 Å². The van der Waals surface area contributed by atoms with E-state index in [2.05, 4.69) is 0 Å². The van der Waals surface area contributed by atoms with Crippen LogP contribution in [0.25, 0.3) is 0 Å². The van der Waals surface area contributed by atoms with E-state index in [1.165, 1.54) is 25.6 Å². The van der Waals surface area contributed by atoms with Crippen molar-refractivity contribution in [1.82, 2.24) is 0 Å². The lowest BCUT2D eigenvalue weighted by molar-refractivity contribution is -0.139. The number of carbonyl (C=O) groups is 4. The largest absolute Gasteiger partial charge is 0.426 e. The summed E-state index contributed by atoms with van der Waals surface area (Å²) in [5.41, 5.74) is 0. The summed E-state index contributed by atoms with van der Waals surface area (Å²) in [5, 5.41) is 0. The normalized spacial score (nSPS) is 10.1. The molecule has 0 saturated heterocycles. The van der Waals surface area contributed by atoms with Crippen molar-refractivity contribution in [3.63, 3.8) is 0 Å². The average molecular weight is 386 g/mol.